The normalized spacial score (nSPS) is 17.5. The molecule has 3 atom stereocenters. The minimum Gasteiger partial charge on any atom is -0.454 e. The summed E-state index contributed by atoms with van der Waals surface area (Å²) >= 11 is 6.17. The second-order valence-corrected chi connectivity index (χ2v) is 5.04. The van der Waals surface area contributed by atoms with Crippen molar-refractivity contribution in [2.75, 3.05) is 6.79 Å². The van der Waals surface area contributed by atoms with E-state index >= 15 is 0 Å². The van der Waals surface area contributed by atoms with Crippen LogP contribution in [0.25, 0.3) is 0 Å². The van der Waals surface area contributed by atoms with Gasteiger partial charge < -0.3 is 20.3 Å². The van der Waals surface area contributed by atoms with Gasteiger partial charge in [0.25, 0.3) is 0 Å². The van der Waals surface area contributed by atoms with E-state index in [4.69, 9.17) is 26.8 Å². The Morgan fingerprint density at radius 3 is 2.53 bits per heavy atom. The van der Waals surface area contributed by atoms with Crippen LogP contribution in [0.4, 0.5) is 0 Å². The average Bonchev–Trinajstić information content (AvgIpc) is 2.82. The Bertz CT molecular complexity index is 442. The molecule has 108 valence electrons. The molecule has 1 aromatic rings. The molecule has 1 aromatic carbocycles. The highest BCUT2D eigenvalue weighted by atomic mass is 35.5. The summed E-state index contributed by atoms with van der Waals surface area (Å²) in [4.78, 5) is 0. The maximum atomic E-state index is 10.2. The van der Waals surface area contributed by atoms with E-state index in [0.29, 0.717) is 22.1 Å². The van der Waals surface area contributed by atoms with Crippen molar-refractivity contribution >= 4 is 24.0 Å². The number of benzene rings is 1. The van der Waals surface area contributed by atoms with Crippen LogP contribution in [-0.4, -0.2) is 18.0 Å². The number of halogens is 2. The van der Waals surface area contributed by atoms with Crippen LogP contribution in [-0.2, 0) is 0 Å². The number of nitrogens with two attached hydrogens (primary N) is 1. The van der Waals surface area contributed by atoms with Crippen LogP contribution in [0.1, 0.15) is 31.9 Å². The minimum absolute atomic E-state index is 0. The van der Waals surface area contributed by atoms with E-state index in [9.17, 15) is 5.11 Å². The number of ether oxygens (including phenoxy) is 2. The first-order valence-corrected chi connectivity index (χ1v) is 6.45. The SMILES string of the molecule is CCC(C)[C@H](O)[C@H](N)c1cc2c(cc1Cl)OCO2.Cl. The molecule has 0 saturated carbocycles. The Labute approximate surface area is 124 Å². The van der Waals surface area contributed by atoms with Crippen molar-refractivity contribution < 1.29 is 14.6 Å². The summed E-state index contributed by atoms with van der Waals surface area (Å²) < 4.78 is 10.5. The zero-order chi connectivity index (χ0) is 13.3. The monoisotopic (exact) mass is 307 g/mol. The fraction of sp³-hybridized carbons (Fsp3) is 0.538. The van der Waals surface area contributed by atoms with E-state index in [1.165, 1.54) is 0 Å². The van der Waals surface area contributed by atoms with Gasteiger partial charge in [0.15, 0.2) is 11.5 Å². The Balaban J connectivity index is 0.00000180. The third kappa shape index (κ3) is 3.26. The van der Waals surface area contributed by atoms with Gasteiger partial charge in [0.2, 0.25) is 6.79 Å². The quantitative estimate of drug-likeness (QED) is 0.897. The van der Waals surface area contributed by atoms with Crippen LogP contribution in [0, 0.1) is 5.92 Å². The van der Waals surface area contributed by atoms with E-state index in [-0.39, 0.29) is 25.1 Å². The molecule has 1 aliphatic rings. The third-order valence-corrected chi connectivity index (χ3v) is 3.77. The van der Waals surface area contributed by atoms with Gasteiger partial charge in [-0.25, -0.2) is 0 Å². The van der Waals surface area contributed by atoms with Gasteiger partial charge in [-0.15, -0.1) is 12.4 Å². The predicted octanol–water partition coefficient (Wildman–Crippen LogP) is 2.90. The summed E-state index contributed by atoms with van der Waals surface area (Å²) in [7, 11) is 0. The maximum absolute atomic E-state index is 10.2. The van der Waals surface area contributed by atoms with E-state index in [1.807, 2.05) is 13.8 Å². The lowest BCUT2D eigenvalue weighted by Crippen LogP contribution is -2.31. The molecule has 0 bridgehead atoms. The lowest BCUT2D eigenvalue weighted by molar-refractivity contribution is 0.0879. The van der Waals surface area contributed by atoms with Crippen LogP contribution in [0.5, 0.6) is 11.5 Å². The van der Waals surface area contributed by atoms with Crippen LogP contribution in [0.15, 0.2) is 12.1 Å². The highest BCUT2D eigenvalue weighted by Crippen LogP contribution is 2.39. The number of hydrogen-bond acceptors (Lipinski definition) is 4. The molecular weight excluding hydrogens is 289 g/mol. The first-order valence-electron chi connectivity index (χ1n) is 6.07. The van der Waals surface area contributed by atoms with Crippen LogP contribution in [0.2, 0.25) is 5.02 Å². The fourth-order valence-corrected chi connectivity index (χ4v) is 2.25. The summed E-state index contributed by atoms with van der Waals surface area (Å²) in [5, 5.41) is 10.7. The number of rotatable bonds is 4. The molecule has 6 heteroatoms. The fourth-order valence-electron chi connectivity index (χ4n) is 1.97. The van der Waals surface area contributed by atoms with Gasteiger partial charge >= 0.3 is 0 Å². The van der Waals surface area contributed by atoms with E-state index in [0.717, 1.165) is 6.42 Å². The topological polar surface area (TPSA) is 64.7 Å². The van der Waals surface area contributed by atoms with Gasteiger partial charge in [-0.3, -0.25) is 0 Å². The van der Waals surface area contributed by atoms with Crippen molar-refractivity contribution in [2.45, 2.75) is 32.4 Å². The molecule has 0 amide bonds. The van der Waals surface area contributed by atoms with E-state index in [2.05, 4.69) is 0 Å². The molecular formula is C13H19Cl2NO3. The third-order valence-electron chi connectivity index (χ3n) is 3.45. The van der Waals surface area contributed by atoms with Gasteiger partial charge in [0.05, 0.1) is 12.1 Å². The first kappa shape index (κ1) is 16.4. The van der Waals surface area contributed by atoms with Gasteiger partial charge in [-0.2, -0.15) is 0 Å². The highest BCUT2D eigenvalue weighted by Gasteiger charge is 2.26. The number of aliphatic hydroxyl groups excluding tert-OH is 1. The Hall–Kier alpha value is -0.680. The van der Waals surface area contributed by atoms with Crippen LogP contribution in [0.3, 0.4) is 0 Å². The zero-order valence-electron chi connectivity index (χ0n) is 10.9. The van der Waals surface area contributed by atoms with Crippen molar-refractivity contribution in [2.24, 2.45) is 11.7 Å². The highest BCUT2D eigenvalue weighted by molar-refractivity contribution is 6.31. The minimum atomic E-state index is -0.632. The molecule has 0 spiro atoms. The van der Waals surface area contributed by atoms with Crippen molar-refractivity contribution in [1.82, 2.24) is 0 Å². The number of hydrogen-bond donors (Lipinski definition) is 2. The first-order chi connectivity index (χ1) is 8.54. The summed E-state index contributed by atoms with van der Waals surface area (Å²) in [5.41, 5.74) is 6.77. The van der Waals surface area contributed by atoms with Gasteiger partial charge in [0, 0.05) is 11.1 Å². The molecule has 19 heavy (non-hydrogen) atoms. The van der Waals surface area contributed by atoms with Crippen molar-refractivity contribution in [1.29, 1.82) is 0 Å². The summed E-state index contributed by atoms with van der Waals surface area (Å²) in [6.07, 6.45) is 0.227. The predicted molar refractivity (Wildman–Crippen MR) is 77.2 cm³/mol. The molecule has 0 fully saturated rings. The van der Waals surface area contributed by atoms with Gasteiger partial charge in [-0.1, -0.05) is 31.9 Å². The summed E-state index contributed by atoms with van der Waals surface area (Å²) in [6, 6.07) is 2.91. The van der Waals surface area contributed by atoms with Crippen molar-refractivity contribution in [3.05, 3.63) is 22.7 Å². The molecule has 1 unspecified atom stereocenters. The Morgan fingerprint density at radius 2 is 1.95 bits per heavy atom. The molecule has 3 N–H and O–H groups in total. The molecule has 2 rings (SSSR count). The van der Waals surface area contributed by atoms with Crippen LogP contribution < -0.4 is 15.2 Å². The van der Waals surface area contributed by atoms with Crippen molar-refractivity contribution in [3.8, 4) is 11.5 Å². The zero-order valence-corrected chi connectivity index (χ0v) is 12.5. The molecule has 0 aromatic heterocycles. The standard InChI is InChI=1S/C13H18ClNO3.ClH/c1-3-7(2)13(16)12(15)8-4-10-11(5-9(8)14)18-6-17-10;/h4-5,7,12-13,16H,3,6,15H2,1-2H3;1H/t7?,12-,13+;/m1./s1. The Kier molecular flexibility index (Phi) is 5.74. The number of fused-ring (bicyclic) bond motifs is 1. The lowest BCUT2D eigenvalue weighted by atomic mass is 9.91. The molecule has 1 aliphatic heterocycles. The smallest absolute Gasteiger partial charge is 0.231 e. The maximum Gasteiger partial charge on any atom is 0.231 e. The average molecular weight is 308 g/mol. The van der Waals surface area contributed by atoms with E-state index in [1.54, 1.807) is 12.1 Å². The second-order valence-electron chi connectivity index (χ2n) is 4.63. The second kappa shape index (κ2) is 6.66. The summed E-state index contributed by atoms with van der Waals surface area (Å²) in [5.74, 6) is 1.36. The molecule has 0 saturated heterocycles. The largest absolute Gasteiger partial charge is 0.454 e. The lowest BCUT2D eigenvalue weighted by Gasteiger charge is -2.25. The number of aliphatic hydroxyl groups is 1. The van der Waals surface area contributed by atoms with Crippen molar-refractivity contribution in [3.63, 3.8) is 0 Å². The van der Waals surface area contributed by atoms with E-state index < -0.39 is 12.1 Å². The molecule has 4 nitrogen and oxygen atoms in total. The molecule has 0 aliphatic carbocycles. The molecule has 0 radical (unpaired) electrons. The summed E-state index contributed by atoms with van der Waals surface area (Å²) in [6.45, 7) is 4.17. The Morgan fingerprint density at radius 1 is 1.37 bits per heavy atom. The molecule has 1 heterocycles. The van der Waals surface area contributed by atoms with Gasteiger partial charge in [0.1, 0.15) is 0 Å². The van der Waals surface area contributed by atoms with Gasteiger partial charge in [-0.05, 0) is 17.5 Å². The van der Waals surface area contributed by atoms with Crippen LogP contribution >= 0.6 is 24.0 Å².